The molecule has 178 valence electrons. The SMILES string of the molecule is CCn1cc(-c2ccnc3c(C(=O)Nc4nn(Cc5c(F)cccc5Cl)cc4Cl)cnn23)c(C)n1. The minimum Gasteiger partial charge on any atom is -0.304 e. The molecule has 1 aromatic carbocycles. The van der Waals surface area contributed by atoms with E-state index in [9.17, 15) is 9.18 Å². The van der Waals surface area contributed by atoms with Crippen molar-refractivity contribution in [3.63, 3.8) is 0 Å². The van der Waals surface area contributed by atoms with Crippen molar-refractivity contribution in [2.75, 3.05) is 5.32 Å². The molecule has 0 aliphatic rings. The number of fused-ring (bicyclic) bond motifs is 1. The number of aromatic nitrogens is 7. The lowest BCUT2D eigenvalue weighted by Crippen LogP contribution is -2.13. The fourth-order valence-electron chi connectivity index (χ4n) is 3.77. The van der Waals surface area contributed by atoms with Crippen LogP contribution in [0.4, 0.5) is 10.2 Å². The highest BCUT2D eigenvalue weighted by atomic mass is 35.5. The van der Waals surface area contributed by atoms with Crippen LogP contribution in [0, 0.1) is 12.7 Å². The predicted molar refractivity (Wildman–Crippen MR) is 130 cm³/mol. The molecular weight excluding hydrogens is 494 g/mol. The molecule has 0 atom stereocenters. The molecule has 0 saturated carbocycles. The van der Waals surface area contributed by atoms with Crippen LogP contribution in [0.15, 0.2) is 49.1 Å². The van der Waals surface area contributed by atoms with Crippen LogP contribution in [-0.4, -0.2) is 40.1 Å². The van der Waals surface area contributed by atoms with E-state index in [1.165, 1.54) is 29.2 Å². The van der Waals surface area contributed by atoms with Gasteiger partial charge >= 0.3 is 0 Å². The first-order valence-corrected chi connectivity index (χ1v) is 11.5. The molecule has 4 heterocycles. The number of nitrogens with one attached hydrogen (secondary N) is 1. The standard InChI is InChI=1S/C23H19Cl2FN8O/c1-3-32-10-15(13(2)30-32)20-7-8-27-22-14(9-28-34(20)22)23(35)29-21-18(25)12-33(31-21)11-16-17(24)5-4-6-19(16)26/h4-10,12H,3,11H2,1-2H3,(H,29,31,35). The maximum Gasteiger partial charge on any atom is 0.262 e. The molecule has 35 heavy (non-hydrogen) atoms. The number of carbonyl (C=O) groups is 1. The van der Waals surface area contributed by atoms with Crippen LogP contribution < -0.4 is 5.32 Å². The smallest absolute Gasteiger partial charge is 0.262 e. The zero-order valence-electron chi connectivity index (χ0n) is 18.7. The van der Waals surface area contributed by atoms with Crippen molar-refractivity contribution in [3.8, 4) is 11.3 Å². The maximum atomic E-state index is 14.1. The van der Waals surface area contributed by atoms with E-state index in [2.05, 4.69) is 25.6 Å². The number of benzene rings is 1. The summed E-state index contributed by atoms with van der Waals surface area (Å²) in [5, 5.41) is 16.3. The highest BCUT2D eigenvalue weighted by Crippen LogP contribution is 2.26. The predicted octanol–water partition coefficient (Wildman–Crippen LogP) is 4.86. The average Bonchev–Trinajstić information content (AvgIpc) is 3.53. The number of anilines is 1. The van der Waals surface area contributed by atoms with Gasteiger partial charge in [-0.2, -0.15) is 15.3 Å². The third kappa shape index (κ3) is 4.26. The molecule has 4 aromatic heterocycles. The highest BCUT2D eigenvalue weighted by molar-refractivity contribution is 6.33. The van der Waals surface area contributed by atoms with Gasteiger partial charge in [0, 0.05) is 41.3 Å². The lowest BCUT2D eigenvalue weighted by atomic mass is 10.2. The van der Waals surface area contributed by atoms with Gasteiger partial charge in [0.05, 0.1) is 24.1 Å². The molecule has 1 amide bonds. The summed E-state index contributed by atoms with van der Waals surface area (Å²) in [6, 6.07) is 6.25. The van der Waals surface area contributed by atoms with Crippen LogP contribution in [-0.2, 0) is 13.1 Å². The average molecular weight is 513 g/mol. The van der Waals surface area contributed by atoms with Gasteiger partial charge < -0.3 is 5.32 Å². The quantitative estimate of drug-likeness (QED) is 0.350. The topological polar surface area (TPSA) is 94.9 Å². The summed E-state index contributed by atoms with van der Waals surface area (Å²) in [7, 11) is 0. The Labute approximate surface area is 209 Å². The summed E-state index contributed by atoms with van der Waals surface area (Å²) in [6.45, 7) is 4.70. The first-order chi connectivity index (χ1) is 16.9. The molecular formula is C23H19Cl2FN8O. The first kappa shape index (κ1) is 23.0. The Morgan fingerprint density at radius 1 is 1.11 bits per heavy atom. The molecule has 0 bridgehead atoms. The zero-order valence-corrected chi connectivity index (χ0v) is 20.2. The van der Waals surface area contributed by atoms with Crippen molar-refractivity contribution in [2.45, 2.75) is 26.9 Å². The van der Waals surface area contributed by atoms with Crippen LogP contribution in [0.1, 0.15) is 28.5 Å². The van der Waals surface area contributed by atoms with E-state index >= 15 is 0 Å². The van der Waals surface area contributed by atoms with Crippen molar-refractivity contribution in [3.05, 3.63) is 81.7 Å². The van der Waals surface area contributed by atoms with Crippen LogP contribution in [0.5, 0.6) is 0 Å². The van der Waals surface area contributed by atoms with E-state index in [0.29, 0.717) is 5.65 Å². The van der Waals surface area contributed by atoms with Crippen molar-refractivity contribution in [1.82, 2.24) is 34.2 Å². The van der Waals surface area contributed by atoms with Crippen molar-refractivity contribution in [1.29, 1.82) is 0 Å². The molecule has 9 nitrogen and oxygen atoms in total. The van der Waals surface area contributed by atoms with Crippen molar-refractivity contribution >= 4 is 40.6 Å². The fraction of sp³-hybridized carbons (Fsp3) is 0.174. The third-order valence-electron chi connectivity index (χ3n) is 5.52. The van der Waals surface area contributed by atoms with Crippen LogP contribution in [0.2, 0.25) is 10.0 Å². The number of carbonyl (C=O) groups excluding carboxylic acids is 1. The van der Waals surface area contributed by atoms with E-state index in [-0.39, 0.29) is 33.5 Å². The van der Waals surface area contributed by atoms with Gasteiger partial charge in [-0.15, -0.1) is 0 Å². The number of amides is 1. The normalized spacial score (nSPS) is 11.3. The molecule has 0 aliphatic carbocycles. The van der Waals surface area contributed by atoms with E-state index in [0.717, 1.165) is 23.5 Å². The molecule has 0 radical (unpaired) electrons. The van der Waals surface area contributed by atoms with Gasteiger partial charge in [-0.25, -0.2) is 13.9 Å². The third-order valence-corrected chi connectivity index (χ3v) is 6.15. The summed E-state index contributed by atoms with van der Waals surface area (Å²) in [4.78, 5) is 17.4. The van der Waals surface area contributed by atoms with Gasteiger partial charge in [-0.3, -0.25) is 14.2 Å². The Bertz CT molecular complexity index is 1550. The zero-order chi connectivity index (χ0) is 24.7. The van der Waals surface area contributed by atoms with Gasteiger partial charge in [0.25, 0.3) is 5.91 Å². The second-order valence-corrected chi connectivity index (χ2v) is 8.60. The number of hydrogen-bond donors (Lipinski definition) is 1. The minimum absolute atomic E-state index is 0.0491. The van der Waals surface area contributed by atoms with Gasteiger partial charge in [0.2, 0.25) is 0 Å². The summed E-state index contributed by atoms with van der Waals surface area (Å²) >= 11 is 12.4. The number of hydrogen-bond acceptors (Lipinski definition) is 5. The summed E-state index contributed by atoms with van der Waals surface area (Å²) in [6.07, 6.45) is 6.47. The van der Waals surface area contributed by atoms with E-state index in [1.54, 1.807) is 16.8 Å². The van der Waals surface area contributed by atoms with Gasteiger partial charge in [-0.1, -0.05) is 29.3 Å². The number of rotatable bonds is 6. The first-order valence-electron chi connectivity index (χ1n) is 10.7. The van der Waals surface area contributed by atoms with Crippen LogP contribution >= 0.6 is 23.2 Å². The Kier molecular flexibility index (Phi) is 6.00. The molecule has 5 aromatic rings. The Morgan fingerprint density at radius 2 is 1.94 bits per heavy atom. The van der Waals surface area contributed by atoms with E-state index < -0.39 is 11.7 Å². The second-order valence-electron chi connectivity index (χ2n) is 7.79. The second kappa shape index (κ2) is 9.12. The minimum atomic E-state index is -0.485. The molecule has 12 heteroatoms. The fourth-order valence-corrected chi connectivity index (χ4v) is 4.19. The van der Waals surface area contributed by atoms with E-state index in [1.807, 2.05) is 30.8 Å². The Balaban J connectivity index is 1.42. The Morgan fingerprint density at radius 3 is 2.69 bits per heavy atom. The highest BCUT2D eigenvalue weighted by Gasteiger charge is 2.20. The van der Waals surface area contributed by atoms with Crippen LogP contribution in [0.25, 0.3) is 16.9 Å². The number of halogens is 3. The van der Waals surface area contributed by atoms with E-state index in [4.69, 9.17) is 23.2 Å². The number of aryl methyl sites for hydroxylation is 2. The molecule has 0 spiro atoms. The monoisotopic (exact) mass is 512 g/mol. The molecule has 0 saturated heterocycles. The lowest BCUT2D eigenvalue weighted by Gasteiger charge is -2.06. The van der Waals surface area contributed by atoms with Gasteiger partial charge in [0.15, 0.2) is 11.5 Å². The van der Waals surface area contributed by atoms with Crippen molar-refractivity contribution in [2.24, 2.45) is 0 Å². The maximum absolute atomic E-state index is 14.1. The van der Waals surface area contributed by atoms with Crippen molar-refractivity contribution < 1.29 is 9.18 Å². The summed E-state index contributed by atoms with van der Waals surface area (Å²) in [5.74, 6) is -0.816. The summed E-state index contributed by atoms with van der Waals surface area (Å²) < 4.78 is 19.0. The van der Waals surface area contributed by atoms with Gasteiger partial charge in [-0.05, 0) is 32.0 Å². The molecule has 0 aliphatic heterocycles. The molecule has 0 fully saturated rings. The number of nitrogens with zero attached hydrogens (tertiary/aromatic N) is 7. The largest absolute Gasteiger partial charge is 0.304 e. The van der Waals surface area contributed by atoms with Crippen LogP contribution in [0.3, 0.4) is 0 Å². The van der Waals surface area contributed by atoms with Gasteiger partial charge in [0.1, 0.15) is 16.4 Å². The summed E-state index contributed by atoms with van der Waals surface area (Å²) in [5.41, 5.74) is 3.38. The molecule has 5 rings (SSSR count). The molecule has 0 unspecified atom stereocenters. The Hall–Kier alpha value is -3.76. The molecule has 1 N–H and O–H groups in total. The lowest BCUT2D eigenvalue weighted by molar-refractivity contribution is 0.102.